The molecule has 7 heteroatoms. The number of hydrogen-bond donors (Lipinski definition) is 2. The maximum Gasteiger partial charge on any atom is 0.242 e. The SMILES string of the molecule is CCCN(CC)CCNS(=O)(=O)c1ccc(N)nc1. The summed E-state index contributed by atoms with van der Waals surface area (Å²) in [6.45, 7) is 7.15. The second-order valence-corrected chi connectivity index (χ2v) is 6.02. The summed E-state index contributed by atoms with van der Waals surface area (Å²) in [5.74, 6) is 0.305. The molecule has 0 aromatic carbocycles. The van der Waals surface area contributed by atoms with Crippen molar-refractivity contribution < 1.29 is 8.42 Å². The van der Waals surface area contributed by atoms with E-state index in [4.69, 9.17) is 5.73 Å². The number of rotatable bonds is 8. The average molecular weight is 286 g/mol. The smallest absolute Gasteiger partial charge is 0.242 e. The molecule has 0 amide bonds. The van der Waals surface area contributed by atoms with Crippen molar-refractivity contribution in [1.82, 2.24) is 14.6 Å². The second kappa shape index (κ2) is 7.42. The van der Waals surface area contributed by atoms with Gasteiger partial charge < -0.3 is 10.6 Å². The minimum Gasteiger partial charge on any atom is -0.384 e. The molecule has 0 atom stereocenters. The Morgan fingerprint density at radius 1 is 1.32 bits per heavy atom. The molecule has 3 N–H and O–H groups in total. The van der Waals surface area contributed by atoms with Gasteiger partial charge >= 0.3 is 0 Å². The Labute approximate surface area is 115 Å². The first kappa shape index (κ1) is 15.9. The Kier molecular flexibility index (Phi) is 6.20. The number of nitrogens with zero attached hydrogens (tertiary/aromatic N) is 2. The van der Waals surface area contributed by atoms with Gasteiger partial charge in [-0.1, -0.05) is 13.8 Å². The van der Waals surface area contributed by atoms with Crippen LogP contribution in [0.25, 0.3) is 0 Å². The summed E-state index contributed by atoms with van der Waals surface area (Å²) >= 11 is 0. The fourth-order valence-corrected chi connectivity index (χ4v) is 2.68. The van der Waals surface area contributed by atoms with Gasteiger partial charge in [-0.25, -0.2) is 18.1 Å². The van der Waals surface area contributed by atoms with Crippen LogP contribution in [0.1, 0.15) is 20.3 Å². The summed E-state index contributed by atoms with van der Waals surface area (Å²) in [5.41, 5.74) is 5.43. The maximum atomic E-state index is 12.0. The zero-order chi connectivity index (χ0) is 14.3. The third-order valence-electron chi connectivity index (χ3n) is 2.78. The van der Waals surface area contributed by atoms with Crippen LogP contribution in [0.2, 0.25) is 0 Å². The van der Waals surface area contributed by atoms with Crippen molar-refractivity contribution in [1.29, 1.82) is 0 Å². The Bertz CT molecular complexity index is 473. The Morgan fingerprint density at radius 3 is 2.58 bits per heavy atom. The molecule has 0 saturated carbocycles. The highest BCUT2D eigenvalue weighted by atomic mass is 32.2. The van der Waals surface area contributed by atoms with Crippen LogP contribution in [-0.4, -0.2) is 44.5 Å². The van der Waals surface area contributed by atoms with Crippen LogP contribution in [-0.2, 0) is 10.0 Å². The highest BCUT2D eigenvalue weighted by Crippen LogP contribution is 2.08. The molecule has 0 saturated heterocycles. The van der Waals surface area contributed by atoms with Crippen LogP contribution < -0.4 is 10.5 Å². The lowest BCUT2D eigenvalue weighted by Gasteiger charge is -2.19. The van der Waals surface area contributed by atoms with Gasteiger partial charge in [0.05, 0.1) is 0 Å². The van der Waals surface area contributed by atoms with Crippen LogP contribution in [0.4, 0.5) is 5.82 Å². The van der Waals surface area contributed by atoms with Gasteiger partial charge in [0.1, 0.15) is 10.7 Å². The van der Waals surface area contributed by atoms with E-state index in [1.807, 2.05) is 0 Å². The Morgan fingerprint density at radius 2 is 2.05 bits per heavy atom. The molecule has 0 aliphatic heterocycles. The molecule has 1 heterocycles. The normalized spacial score (nSPS) is 11.9. The van der Waals surface area contributed by atoms with Gasteiger partial charge in [0.2, 0.25) is 10.0 Å². The summed E-state index contributed by atoms with van der Waals surface area (Å²) in [7, 11) is -3.49. The summed E-state index contributed by atoms with van der Waals surface area (Å²) in [5, 5.41) is 0. The largest absolute Gasteiger partial charge is 0.384 e. The fourth-order valence-electron chi connectivity index (χ4n) is 1.72. The number of aromatic nitrogens is 1. The molecule has 0 aliphatic rings. The molecule has 1 aromatic heterocycles. The quantitative estimate of drug-likeness (QED) is 0.733. The van der Waals surface area contributed by atoms with Crippen molar-refractivity contribution in [3.05, 3.63) is 18.3 Å². The van der Waals surface area contributed by atoms with Gasteiger partial charge in [0.15, 0.2) is 0 Å². The number of anilines is 1. The zero-order valence-electron chi connectivity index (χ0n) is 11.5. The molecule has 0 radical (unpaired) electrons. The van der Waals surface area contributed by atoms with Gasteiger partial charge in [0.25, 0.3) is 0 Å². The molecule has 0 unspecified atom stereocenters. The van der Waals surface area contributed by atoms with E-state index in [0.29, 0.717) is 18.9 Å². The topological polar surface area (TPSA) is 88.3 Å². The molecule has 0 bridgehead atoms. The first-order valence-electron chi connectivity index (χ1n) is 6.43. The molecule has 1 rings (SSSR count). The number of sulfonamides is 1. The van der Waals surface area contributed by atoms with Crippen LogP contribution in [0, 0.1) is 0 Å². The van der Waals surface area contributed by atoms with Crippen molar-refractivity contribution in [2.24, 2.45) is 0 Å². The molecule has 0 spiro atoms. The lowest BCUT2D eigenvalue weighted by molar-refractivity contribution is 0.293. The molecule has 0 aliphatic carbocycles. The van der Waals surface area contributed by atoms with Crippen LogP contribution >= 0.6 is 0 Å². The molecule has 108 valence electrons. The summed E-state index contributed by atoms with van der Waals surface area (Å²) < 4.78 is 26.5. The lowest BCUT2D eigenvalue weighted by Crippen LogP contribution is -2.35. The first-order valence-corrected chi connectivity index (χ1v) is 7.91. The molecule has 6 nitrogen and oxygen atoms in total. The van der Waals surface area contributed by atoms with Gasteiger partial charge in [-0.05, 0) is 31.6 Å². The minimum absolute atomic E-state index is 0.139. The van der Waals surface area contributed by atoms with Crippen molar-refractivity contribution in [2.45, 2.75) is 25.2 Å². The summed E-state index contributed by atoms with van der Waals surface area (Å²) in [6.07, 6.45) is 2.32. The molecule has 1 aromatic rings. The van der Waals surface area contributed by atoms with Crippen molar-refractivity contribution in [3.8, 4) is 0 Å². The number of hydrogen-bond acceptors (Lipinski definition) is 5. The monoisotopic (exact) mass is 286 g/mol. The standard InChI is InChI=1S/C12H22N4O2S/c1-3-8-16(4-2)9-7-15-19(17,18)11-5-6-12(13)14-10-11/h5-6,10,15H,3-4,7-9H2,1-2H3,(H2,13,14). The minimum atomic E-state index is -3.49. The maximum absolute atomic E-state index is 12.0. The predicted molar refractivity (Wildman–Crippen MR) is 76.2 cm³/mol. The number of likely N-dealkylation sites (N-methyl/N-ethyl adjacent to an activating group) is 1. The number of pyridine rings is 1. The van der Waals surface area contributed by atoms with E-state index in [1.165, 1.54) is 18.3 Å². The Balaban J connectivity index is 2.54. The predicted octanol–water partition coefficient (Wildman–Crippen LogP) is 0.674. The van der Waals surface area contributed by atoms with Gasteiger partial charge in [-0.3, -0.25) is 0 Å². The second-order valence-electron chi connectivity index (χ2n) is 4.25. The van der Waals surface area contributed by atoms with Crippen LogP contribution in [0.15, 0.2) is 23.2 Å². The molecular formula is C12H22N4O2S. The number of nitrogens with two attached hydrogens (primary N) is 1. The van der Waals surface area contributed by atoms with Crippen LogP contribution in [0.3, 0.4) is 0 Å². The van der Waals surface area contributed by atoms with Crippen molar-refractivity contribution >= 4 is 15.8 Å². The van der Waals surface area contributed by atoms with E-state index < -0.39 is 10.0 Å². The van der Waals surface area contributed by atoms with Gasteiger partial charge in [0, 0.05) is 19.3 Å². The Hall–Kier alpha value is -1.18. The highest BCUT2D eigenvalue weighted by molar-refractivity contribution is 7.89. The number of nitrogen functional groups attached to an aromatic ring is 1. The fraction of sp³-hybridized carbons (Fsp3) is 0.583. The van der Waals surface area contributed by atoms with E-state index in [1.54, 1.807) is 0 Å². The molecule has 0 fully saturated rings. The third-order valence-corrected chi connectivity index (χ3v) is 4.22. The zero-order valence-corrected chi connectivity index (χ0v) is 12.3. The summed E-state index contributed by atoms with van der Waals surface area (Å²) in [4.78, 5) is 6.12. The van der Waals surface area contributed by atoms with E-state index in [0.717, 1.165) is 19.5 Å². The van der Waals surface area contributed by atoms with E-state index in [2.05, 4.69) is 28.5 Å². The highest BCUT2D eigenvalue weighted by Gasteiger charge is 2.14. The first-order chi connectivity index (χ1) is 8.99. The lowest BCUT2D eigenvalue weighted by atomic mass is 10.4. The summed E-state index contributed by atoms with van der Waals surface area (Å²) in [6, 6.07) is 2.93. The molecular weight excluding hydrogens is 264 g/mol. The van der Waals surface area contributed by atoms with Gasteiger partial charge in [-0.15, -0.1) is 0 Å². The van der Waals surface area contributed by atoms with Crippen molar-refractivity contribution in [3.63, 3.8) is 0 Å². The van der Waals surface area contributed by atoms with Crippen LogP contribution in [0.5, 0.6) is 0 Å². The molecule has 19 heavy (non-hydrogen) atoms. The number of nitrogens with one attached hydrogen (secondary N) is 1. The van der Waals surface area contributed by atoms with E-state index >= 15 is 0 Å². The average Bonchev–Trinajstić information content (AvgIpc) is 2.38. The van der Waals surface area contributed by atoms with Crippen molar-refractivity contribution in [2.75, 3.05) is 31.9 Å². The van der Waals surface area contributed by atoms with E-state index in [-0.39, 0.29) is 4.90 Å². The van der Waals surface area contributed by atoms with E-state index in [9.17, 15) is 8.42 Å². The third kappa shape index (κ3) is 5.14. The van der Waals surface area contributed by atoms with Gasteiger partial charge in [-0.2, -0.15) is 0 Å².